The second kappa shape index (κ2) is 8.51. The number of carbonyl (C=O) groups excluding carboxylic acids is 1. The molecule has 6 N–H and O–H groups in total. The standard InChI is InChI=1S/C23H30N8O/c1-13-9-30(10-14(2)26-13)19-6-5-18(21(25)17(19)7-8-24)23(32)29-20-12-31-11-15(3)27-16(4)22(31)28-20/h5-8,11-14,26H,9-10,24-25H2,1-4H3,(H,29,32)/b8-7-. The van der Waals surface area contributed by atoms with Crippen molar-refractivity contribution < 1.29 is 4.79 Å². The van der Waals surface area contributed by atoms with Gasteiger partial charge in [-0.1, -0.05) is 0 Å². The van der Waals surface area contributed by atoms with Gasteiger partial charge in [0.15, 0.2) is 11.5 Å². The Balaban J connectivity index is 1.65. The first-order valence-electron chi connectivity index (χ1n) is 10.7. The molecule has 9 heteroatoms. The monoisotopic (exact) mass is 434 g/mol. The third kappa shape index (κ3) is 4.11. The van der Waals surface area contributed by atoms with Gasteiger partial charge in [-0.15, -0.1) is 0 Å². The number of nitrogens with one attached hydrogen (secondary N) is 2. The molecule has 0 saturated carbocycles. The first kappa shape index (κ1) is 21.6. The van der Waals surface area contributed by atoms with Gasteiger partial charge in [0.1, 0.15) is 0 Å². The fourth-order valence-electron chi connectivity index (χ4n) is 4.44. The number of fused-ring (bicyclic) bond motifs is 1. The van der Waals surface area contributed by atoms with Crippen LogP contribution in [-0.4, -0.2) is 45.4 Å². The number of aromatic nitrogens is 3. The topological polar surface area (TPSA) is 127 Å². The van der Waals surface area contributed by atoms with Gasteiger partial charge < -0.3 is 31.4 Å². The summed E-state index contributed by atoms with van der Waals surface area (Å²) in [6.07, 6.45) is 6.84. The molecule has 2 atom stereocenters. The second-order valence-corrected chi connectivity index (χ2v) is 8.47. The predicted octanol–water partition coefficient (Wildman–Crippen LogP) is 2.30. The van der Waals surface area contributed by atoms with Crippen LogP contribution in [0.15, 0.2) is 30.7 Å². The number of hydrogen-bond donors (Lipinski definition) is 4. The molecule has 1 fully saturated rings. The molecule has 3 aromatic rings. The van der Waals surface area contributed by atoms with Crippen LogP contribution in [-0.2, 0) is 0 Å². The van der Waals surface area contributed by atoms with E-state index in [0.717, 1.165) is 35.7 Å². The Labute approximate surface area is 187 Å². The highest BCUT2D eigenvalue weighted by Gasteiger charge is 2.25. The van der Waals surface area contributed by atoms with Crippen molar-refractivity contribution >= 4 is 34.8 Å². The van der Waals surface area contributed by atoms with Crippen LogP contribution in [0.3, 0.4) is 0 Å². The molecule has 2 unspecified atom stereocenters. The number of anilines is 3. The van der Waals surface area contributed by atoms with Gasteiger partial charge in [0, 0.05) is 42.6 Å². The van der Waals surface area contributed by atoms with Gasteiger partial charge in [0.25, 0.3) is 5.91 Å². The van der Waals surface area contributed by atoms with E-state index in [1.807, 2.05) is 30.5 Å². The normalized spacial score (nSPS) is 19.1. The molecule has 3 heterocycles. The van der Waals surface area contributed by atoms with E-state index >= 15 is 0 Å². The molecule has 32 heavy (non-hydrogen) atoms. The Morgan fingerprint density at radius 3 is 2.59 bits per heavy atom. The number of rotatable bonds is 4. The Kier molecular flexibility index (Phi) is 5.75. The quantitative estimate of drug-likeness (QED) is 0.464. The summed E-state index contributed by atoms with van der Waals surface area (Å²) in [5.74, 6) is 0.114. The third-order valence-corrected chi connectivity index (χ3v) is 5.64. The number of aryl methyl sites for hydroxylation is 2. The van der Waals surface area contributed by atoms with Gasteiger partial charge in [0.05, 0.1) is 28.8 Å². The zero-order valence-electron chi connectivity index (χ0n) is 18.9. The average Bonchev–Trinajstić information content (AvgIpc) is 3.11. The number of nitrogens with zero attached hydrogens (tertiary/aromatic N) is 4. The van der Waals surface area contributed by atoms with E-state index in [0.29, 0.717) is 34.8 Å². The van der Waals surface area contributed by atoms with Crippen LogP contribution in [0.2, 0.25) is 0 Å². The minimum absolute atomic E-state index is 0.325. The van der Waals surface area contributed by atoms with Crippen LogP contribution in [0.4, 0.5) is 17.2 Å². The molecule has 0 bridgehead atoms. The summed E-state index contributed by atoms with van der Waals surface area (Å²) in [6, 6.07) is 4.38. The van der Waals surface area contributed by atoms with Crippen molar-refractivity contribution in [3.63, 3.8) is 0 Å². The Morgan fingerprint density at radius 1 is 1.19 bits per heavy atom. The molecule has 1 amide bonds. The highest BCUT2D eigenvalue weighted by atomic mass is 16.1. The van der Waals surface area contributed by atoms with Crippen LogP contribution in [0.5, 0.6) is 0 Å². The molecule has 1 aliphatic rings. The Morgan fingerprint density at radius 2 is 1.91 bits per heavy atom. The smallest absolute Gasteiger partial charge is 0.258 e. The van der Waals surface area contributed by atoms with E-state index in [-0.39, 0.29) is 5.91 Å². The summed E-state index contributed by atoms with van der Waals surface area (Å²) < 4.78 is 1.86. The largest absolute Gasteiger partial charge is 0.405 e. The van der Waals surface area contributed by atoms with Crippen molar-refractivity contribution in [1.29, 1.82) is 0 Å². The zero-order valence-corrected chi connectivity index (χ0v) is 18.9. The lowest BCUT2D eigenvalue weighted by Crippen LogP contribution is -2.54. The van der Waals surface area contributed by atoms with E-state index in [9.17, 15) is 4.79 Å². The van der Waals surface area contributed by atoms with Gasteiger partial charge in [-0.2, -0.15) is 0 Å². The Bertz CT molecular complexity index is 1190. The second-order valence-electron chi connectivity index (χ2n) is 8.47. The number of imidazole rings is 1. The van der Waals surface area contributed by atoms with Crippen molar-refractivity contribution in [2.75, 3.05) is 29.0 Å². The molecular formula is C23H30N8O. The van der Waals surface area contributed by atoms with Crippen molar-refractivity contribution in [3.05, 3.63) is 53.2 Å². The number of nitrogens with two attached hydrogens (primary N) is 2. The lowest BCUT2D eigenvalue weighted by molar-refractivity contribution is 0.102. The summed E-state index contributed by atoms with van der Waals surface area (Å²) >= 11 is 0. The summed E-state index contributed by atoms with van der Waals surface area (Å²) in [5.41, 5.74) is 17.0. The minimum Gasteiger partial charge on any atom is -0.405 e. The highest BCUT2D eigenvalue weighted by molar-refractivity contribution is 6.09. The third-order valence-electron chi connectivity index (χ3n) is 5.64. The van der Waals surface area contributed by atoms with Crippen LogP contribution in [0.25, 0.3) is 11.7 Å². The zero-order chi connectivity index (χ0) is 23.0. The molecule has 4 rings (SSSR count). The van der Waals surface area contributed by atoms with Crippen molar-refractivity contribution in [1.82, 2.24) is 19.7 Å². The molecule has 0 radical (unpaired) electrons. The fourth-order valence-corrected chi connectivity index (χ4v) is 4.44. The number of nitrogen functional groups attached to an aromatic ring is 1. The van der Waals surface area contributed by atoms with E-state index in [4.69, 9.17) is 11.5 Å². The number of benzene rings is 1. The number of piperazine rings is 1. The van der Waals surface area contributed by atoms with Gasteiger partial charge in [-0.05, 0) is 52.1 Å². The number of hydrogen-bond acceptors (Lipinski definition) is 7. The first-order chi connectivity index (χ1) is 15.3. The van der Waals surface area contributed by atoms with Gasteiger partial charge >= 0.3 is 0 Å². The summed E-state index contributed by atoms with van der Waals surface area (Å²) in [7, 11) is 0. The van der Waals surface area contributed by atoms with Crippen LogP contribution < -0.4 is 27.0 Å². The fraction of sp³-hybridized carbons (Fsp3) is 0.348. The summed E-state index contributed by atoms with van der Waals surface area (Å²) in [6.45, 7) is 9.80. The van der Waals surface area contributed by atoms with E-state index in [1.54, 1.807) is 18.3 Å². The highest BCUT2D eigenvalue weighted by Crippen LogP contribution is 2.32. The molecule has 9 nitrogen and oxygen atoms in total. The summed E-state index contributed by atoms with van der Waals surface area (Å²) in [5, 5.41) is 6.39. The average molecular weight is 435 g/mol. The van der Waals surface area contributed by atoms with Crippen molar-refractivity contribution in [2.24, 2.45) is 5.73 Å². The molecule has 168 valence electrons. The maximum absolute atomic E-state index is 13.1. The van der Waals surface area contributed by atoms with Crippen molar-refractivity contribution in [3.8, 4) is 0 Å². The molecule has 0 aliphatic carbocycles. The lowest BCUT2D eigenvalue weighted by atomic mass is 10.0. The lowest BCUT2D eigenvalue weighted by Gasteiger charge is -2.38. The SMILES string of the molecule is Cc1cn2cc(NC(=O)c3ccc(N4CC(C)NC(C)C4)c(/C=C\N)c3N)nc2c(C)n1. The molecule has 1 aliphatic heterocycles. The maximum Gasteiger partial charge on any atom is 0.258 e. The predicted molar refractivity (Wildman–Crippen MR) is 129 cm³/mol. The minimum atomic E-state index is -0.325. The van der Waals surface area contributed by atoms with Crippen LogP contribution in [0, 0.1) is 13.8 Å². The maximum atomic E-state index is 13.1. The van der Waals surface area contributed by atoms with Crippen LogP contribution in [0.1, 0.15) is 41.2 Å². The molecule has 1 aromatic carbocycles. The first-order valence-corrected chi connectivity index (χ1v) is 10.7. The number of amides is 1. The van der Waals surface area contributed by atoms with Crippen LogP contribution >= 0.6 is 0 Å². The molecule has 0 spiro atoms. The van der Waals surface area contributed by atoms with Crippen molar-refractivity contribution in [2.45, 2.75) is 39.8 Å². The van der Waals surface area contributed by atoms with E-state index in [2.05, 4.69) is 39.3 Å². The Hall–Kier alpha value is -3.59. The van der Waals surface area contributed by atoms with Gasteiger partial charge in [-0.25, -0.2) is 4.98 Å². The molecular weight excluding hydrogens is 404 g/mol. The van der Waals surface area contributed by atoms with E-state index in [1.165, 1.54) is 6.20 Å². The number of carbonyl (C=O) groups is 1. The summed E-state index contributed by atoms with van der Waals surface area (Å²) in [4.78, 5) is 24.3. The van der Waals surface area contributed by atoms with E-state index < -0.39 is 0 Å². The molecule has 1 saturated heterocycles. The van der Waals surface area contributed by atoms with Gasteiger partial charge in [0.2, 0.25) is 0 Å². The molecule has 2 aromatic heterocycles. The van der Waals surface area contributed by atoms with Gasteiger partial charge in [-0.3, -0.25) is 9.78 Å².